The quantitative estimate of drug-likeness (QED) is 0.0138. The van der Waals surface area contributed by atoms with Crippen molar-refractivity contribution in [1.82, 2.24) is 0 Å². The lowest BCUT2D eigenvalue weighted by Gasteiger charge is -2.20. The molecule has 0 rings (SSSR count). The highest BCUT2D eigenvalue weighted by atomic mass is 31.2. The van der Waals surface area contributed by atoms with Crippen LogP contribution in [0.4, 0.5) is 0 Å². The van der Waals surface area contributed by atoms with Gasteiger partial charge in [-0.3, -0.25) is 23.2 Å². The Morgan fingerprint density at radius 2 is 1.19 bits per heavy atom. The smallest absolute Gasteiger partial charge is 0.462 e. The van der Waals surface area contributed by atoms with E-state index in [0.717, 1.165) is 51.4 Å². The molecule has 0 aromatic carbocycles. The van der Waals surface area contributed by atoms with Crippen LogP contribution in [-0.2, 0) is 41.8 Å². The van der Waals surface area contributed by atoms with Crippen LogP contribution < -0.4 is 0 Å². The van der Waals surface area contributed by atoms with Crippen LogP contribution in [0.25, 0.3) is 0 Å². The molecule has 4 atom stereocenters. The lowest BCUT2D eigenvalue weighted by Crippen LogP contribution is -2.30. The topological polar surface area (TPSA) is 216 Å². The third-order valence-corrected chi connectivity index (χ3v) is 8.88. The molecule has 0 aliphatic rings. The zero-order chi connectivity index (χ0) is 40.5. The Labute approximate surface area is 322 Å². The molecule has 16 heteroatoms. The van der Waals surface area contributed by atoms with Gasteiger partial charge in [0, 0.05) is 12.8 Å². The van der Waals surface area contributed by atoms with Gasteiger partial charge in [0.2, 0.25) is 0 Å². The summed E-state index contributed by atoms with van der Waals surface area (Å²) < 4.78 is 47.4. The zero-order valence-electron chi connectivity index (χ0n) is 32.3. The van der Waals surface area contributed by atoms with Crippen molar-refractivity contribution in [2.24, 2.45) is 5.92 Å². The van der Waals surface area contributed by atoms with E-state index >= 15 is 0 Å². The van der Waals surface area contributed by atoms with Crippen molar-refractivity contribution >= 4 is 27.6 Å². The highest BCUT2D eigenvalue weighted by Gasteiger charge is 2.28. The van der Waals surface area contributed by atoms with Crippen LogP contribution in [-0.4, -0.2) is 81.6 Å². The summed E-state index contributed by atoms with van der Waals surface area (Å²) in [6, 6.07) is 0. The van der Waals surface area contributed by atoms with Crippen LogP contribution in [0.5, 0.6) is 0 Å². The van der Waals surface area contributed by atoms with E-state index < -0.39 is 72.3 Å². The second kappa shape index (κ2) is 33.0. The Hall–Kier alpha value is -2.22. The van der Waals surface area contributed by atoms with Gasteiger partial charge in [-0.05, 0) is 50.9 Å². The fraction of sp³-hybridized carbons (Fsp3) is 0.684. The van der Waals surface area contributed by atoms with Gasteiger partial charge in [0.25, 0.3) is 0 Å². The number of ether oxygens (including phenoxy) is 2. The molecule has 54 heavy (non-hydrogen) atoms. The molecule has 0 fully saturated rings. The molecule has 0 aromatic rings. The summed E-state index contributed by atoms with van der Waals surface area (Å²) in [6.07, 6.45) is 27.3. The van der Waals surface area contributed by atoms with Gasteiger partial charge in [-0.2, -0.15) is 0 Å². The number of aliphatic hydroxyl groups excluding tert-OH is 2. The molecule has 0 heterocycles. The summed E-state index contributed by atoms with van der Waals surface area (Å²) >= 11 is 0. The predicted octanol–water partition coefficient (Wildman–Crippen LogP) is 7.71. The summed E-state index contributed by atoms with van der Waals surface area (Å²) in [4.78, 5) is 52.4. The minimum atomic E-state index is -4.88. The van der Waals surface area contributed by atoms with E-state index in [2.05, 4.69) is 66.3 Å². The minimum Gasteiger partial charge on any atom is -0.462 e. The summed E-state index contributed by atoms with van der Waals surface area (Å²) in [6.45, 7) is 3.58. The third-order valence-electron chi connectivity index (χ3n) is 7.44. The van der Waals surface area contributed by atoms with Gasteiger partial charge in [-0.1, -0.05) is 120 Å². The van der Waals surface area contributed by atoms with Gasteiger partial charge < -0.3 is 34.4 Å². The number of esters is 2. The van der Waals surface area contributed by atoms with Crippen molar-refractivity contribution < 1.29 is 66.7 Å². The molecule has 312 valence electrons. The fourth-order valence-corrected chi connectivity index (χ4v) is 5.71. The number of carbonyl (C=O) groups excluding carboxylic acids is 2. The molecular weight excluding hydrogens is 742 g/mol. The van der Waals surface area contributed by atoms with Crippen molar-refractivity contribution in [3.63, 3.8) is 0 Å². The number of phosphoric acid groups is 2. The van der Waals surface area contributed by atoms with Gasteiger partial charge in [0.15, 0.2) is 6.10 Å². The highest BCUT2D eigenvalue weighted by molar-refractivity contribution is 7.47. The second-order valence-corrected chi connectivity index (χ2v) is 15.8. The standard InChI is InChI=1S/C38H66O14P2/c1-4-5-6-7-8-9-10-11-12-13-14-18-21-25-34(39)26-23-28-38(42)52-36(31-48-37(41)27-22-19-16-15-17-20-24-33(2)3)32-51-54(46,47)50-30-35(40)29-49-53(43,44)45/h5-6,8-9,11-12,14,18,21,25,33-36,39-40H,4,7,10,13,15-17,19-20,22-24,26-32H2,1-3H3,(H,46,47)(H2,43,44,45)/b6-5-,9-8-,12-11-,18-14-,25-21+/t34?,35-,36+/m0/s1. The number of hydrogen-bond acceptors (Lipinski definition) is 11. The van der Waals surface area contributed by atoms with Crippen LogP contribution in [0.2, 0.25) is 0 Å². The van der Waals surface area contributed by atoms with Crippen LogP contribution in [0.3, 0.4) is 0 Å². The SMILES string of the molecule is CC/C=C\C/C=C\C/C=C\C/C=C\C=C\C(O)CCCC(=O)O[C@H](COC(=O)CCCCCCCCC(C)C)COP(=O)(O)OC[C@@H](O)COP(=O)(O)O. The van der Waals surface area contributed by atoms with Gasteiger partial charge in [-0.25, -0.2) is 9.13 Å². The summed E-state index contributed by atoms with van der Waals surface area (Å²) in [7, 11) is -9.74. The minimum absolute atomic E-state index is 0.102. The van der Waals surface area contributed by atoms with Gasteiger partial charge >= 0.3 is 27.6 Å². The molecule has 0 aromatic heterocycles. The molecule has 0 saturated heterocycles. The van der Waals surface area contributed by atoms with Gasteiger partial charge in [-0.15, -0.1) is 0 Å². The molecule has 14 nitrogen and oxygen atoms in total. The van der Waals surface area contributed by atoms with Crippen molar-refractivity contribution in [2.45, 2.75) is 135 Å². The Bertz CT molecular complexity index is 1220. The van der Waals surface area contributed by atoms with E-state index in [0.29, 0.717) is 12.3 Å². The molecule has 0 radical (unpaired) electrons. The molecule has 2 unspecified atom stereocenters. The van der Waals surface area contributed by atoms with E-state index in [1.807, 2.05) is 12.2 Å². The molecule has 5 N–H and O–H groups in total. The summed E-state index contributed by atoms with van der Waals surface area (Å²) in [5.41, 5.74) is 0. The number of rotatable bonds is 34. The average molecular weight is 809 g/mol. The molecule has 0 aliphatic carbocycles. The average Bonchev–Trinajstić information content (AvgIpc) is 3.10. The Balaban J connectivity index is 4.81. The Morgan fingerprint density at radius 3 is 1.81 bits per heavy atom. The van der Waals surface area contributed by atoms with Crippen LogP contribution in [0, 0.1) is 5.92 Å². The van der Waals surface area contributed by atoms with Gasteiger partial charge in [0.1, 0.15) is 12.7 Å². The normalized spacial score (nSPS) is 15.6. The number of hydrogen-bond donors (Lipinski definition) is 5. The van der Waals surface area contributed by atoms with Crippen LogP contribution in [0.1, 0.15) is 117 Å². The lowest BCUT2D eigenvalue weighted by molar-refractivity contribution is -0.161. The van der Waals surface area contributed by atoms with E-state index in [-0.39, 0.29) is 25.7 Å². The van der Waals surface area contributed by atoms with Crippen molar-refractivity contribution in [3.05, 3.63) is 60.8 Å². The number of phosphoric ester groups is 2. The first-order valence-electron chi connectivity index (χ1n) is 18.9. The van der Waals surface area contributed by atoms with E-state index in [1.165, 1.54) is 12.8 Å². The molecule has 0 saturated carbocycles. The van der Waals surface area contributed by atoms with Crippen molar-refractivity contribution in [2.75, 3.05) is 26.4 Å². The first-order chi connectivity index (χ1) is 25.6. The fourth-order valence-electron chi connectivity index (χ4n) is 4.56. The first-order valence-corrected chi connectivity index (χ1v) is 22.0. The third kappa shape index (κ3) is 36.7. The molecule has 0 amide bonds. The predicted molar refractivity (Wildman–Crippen MR) is 208 cm³/mol. The number of allylic oxidation sites excluding steroid dienone is 9. The monoisotopic (exact) mass is 808 g/mol. The lowest BCUT2D eigenvalue weighted by atomic mass is 10.0. The largest absolute Gasteiger partial charge is 0.472 e. The number of aliphatic hydroxyl groups is 2. The Morgan fingerprint density at radius 1 is 0.630 bits per heavy atom. The van der Waals surface area contributed by atoms with Crippen molar-refractivity contribution in [3.8, 4) is 0 Å². The maximum Gasteiger partial charge on any atom is 0.472 e. The Kier molecular flexibility index (Phi) is 31.6. The molecular formula is C38H66O14P2. The summed E-state index contributed by atoms with van der Waals surface area (Å²) in [5, 5.41) is 20.0. The van der Waals surface area contributed by atoms with Gasteiger partial charge in [0.05, 0.1) is 25.9 Å². The molecule has 0 bridgehead atoms. The van der Waals surface area contributed by atoms with E-state index in [9.17, 15) is 33.8 Å². The maximum absolute atomic E-state index is 12.6. The maximum atomic E-state index is 12.6. The van der Waals surface area contributed by atoms with E-state index in [1.54, 1.807) is 12.2 Å². The van der Waals surface area contributed by atoms with Crippen LogP contribution in [0.15, 0.2) is 60.8 Å². The number of carbonyl (C=O) groups is 2. The van der Waals surface area contributed by atoms with Crippen molar-refractivity contribution in [1.29, 1.82) is 0 Å². The van der Waals surface area contributed by atoms with E-state index in [4.69, 9.17) is 23.8 Å². The zero-order valence-corrected chi connectivity index (χ0v) is 34.1. The van der Waals surface area contributed by atoms with Crippen LogP contribution >= 0.6 is 15.6 Å². The molecule has 0 spiro atoms. The number of unbranched alkanes of at least 4 members (excludes halogenated alkanes) is 5. The first kappa shape index (κ1) is 51.8. The highest BCUT2D eigenvalue weighted by Crippen LogP contribution is 2.43. The summed E-state index contributed by atoms with van der Waals surface area (Å²) in [5.74, 6) is -0.565. The second-order valence-electron chi connectivity index (χ2n) is 13.2. The molecule has 0 aliphatic heterocycles.